The van der Waals surface area contributed by atoms with Gasteiger partial charge in [-0.05, 0) is 23.6 Å². The van der Waals surface area contributed by atoms with Crippen LogP contribution in [0.25, 0.3) is 0 Å². The van der Waals surface area contributed by atoms with Gasteiger partial charge in [-0.1, -0.05) is 49.7 Å². The van der Waals surface area contributed by atoms with Gasteiger partial charge in [0.05, 0.1) is 18.8 Å². The Kier molecular flexibility index (Phi) is 5.20. The second kappa shape index (κ2) is 7.52. The summed E-state index contributed by atoms with van der Waals surface area (Å²) in [6.07, 6.45) is 6.47. The molecule has 0 saturated carbocycles. The minimum absolute atomic E-state index is 0.262. The van der Waals surface area contributed by atoms with Crippen molar-refractivity contribution in [1.29, 1.82) is 0 Å². The molecular formula is C19H24N2O. The third kappa shape index (κ3) is 3.54. The Morgan fingerprint density at radius 3 is 2.73 bits per heavy atom. The van der Waals surface area contributed by atoms with Crippen molar-refractivity contribution in [2.75, 3.05) is 19.7 Å². The quantitative estimate of drug-likeness (QED) is 0.841. The van der Waals surface area contributed by atoms with Crippen LogP contribution < -0.4 is 0 Å². The van der Waals surface area contributed by atoms with Crippen molar-refractivity contribution in [2.45, 2.75) is 31.9 Å². The first-order valence-electron chi connectivity index (χ1n) is 8.19. The summed E-state index contributed by atoms with van der Waals surface area (Å²) in [5.41, 5.74) is 2.58. The molecule has 0 spiro atoms. The van der Waals surface area contributed by atoms with Crippen LogP contribution in [0.4, 0.5) is 0 Å². The van der Waals surface area contributed by atoms with Crippen LogP contribution in [0.3, 0.4) is 0 Å². The predicted octanol–water partition coefficient (Wildman–Crippen LogP) is 3.67. The van der Waals surface area contributed by atoms with Crippen molar-refractivity contribution in [3.8, 4) is 0 Å². The molecule has 1 aliphatic rings. The zero-order valence-corrected chi connectivity index (χ0v) is 13.2. The fraction of sp³-hybridized carbons (Fsp3) is 0.421. The van der Waals surface area contributed by atoms with Crippen molar-refractivity contribution in [3.05, 3.63) is 66.0 Å². The Bertz CT molecular complexity index is 517. The van der Waals surface area contributed by atoms with Gasteiger partial charge in [0.15, 0.2) is 0 Å². The van der Waals surface area contributed by atoms with Gasteiger partial charge in [0.2, 0.25) is 0 Å². The summed E-state index contributed by atoms with van der Waals surface area (Å²) >= 11 is 0. The van der Waals surface area contributed by atoms with E-state index in [1.165, 1.54) is 17.5 Å². The molecule has 3 heteroatoms. The molecule has 3 nitrogen and oxygen atoms in total. The Hall–Kier alpha value is -1.71. The lowest BCUT2D eigenvalue weighted by Crippen LogP contribution is -2.44. The molecule has 116 valence electrons. The third-order valence-electron chi connectivity index (χ3n) is 4.26. The van der Waals surface area contributed by atoms with Gasteiger partial charge in [-0.25, -0.2) is 0 Å². The molecule has 0 bridgehead atoms. The van der Waals surface area contributed by atoms with Crippen LogP contribution in [0.15, 0.2) is 54.9 Å². The number of ether oxygens (including phenoxy) is 1. The van der Waals surface area contributed by atoms with E-state index in [9.17, 15) is 0 Å². The maximum atomic E-state index is 5.91. The van der Waals surface area contributed by atoms with Crippen LogP contribution in [0.1, 0.15) is 36.9 Å². The Labute approximate surface area is 132 Å². The van der Waals surface area contributed by atoms with Crippen LogP contribution in [-0.2, 0) is 4.74 Å². The number of morpholine rings is 1. The highest BCUT2D eigenvalue weighted by Crippen LogP contribution is 2.30. The molecule has 3 rings (SSSR count). The second-order valence-corrected chi connectivity index (χ2v) is 5.88. The minimum atomic E-state index is 0.262. The van der Waals surface area contributed by atoms with E-state index in [1.807, 2.05) is 18.5 Å². The fourth-order valence-electron chi connectivity index (χ4n) is 3.26. The average Bonchev–Trinajstić information content (AvgIpc) is 2.58. The Morgan fingerprint density at radius 1 is 1.18 bits per heavy atom. The van der Waals surface area contributed by atoms with E-state index >= 15 is 0 Å². The lowest BCUT2D eigenvalue weighted by atomic mass is 9.97. The first-order chi connectivity index (χ1) is 10.9. The number of benzene rings is 1. The average molecular weight is 296 g/mol. The molecule has 0 aliphatic carbocycles. The molecule has 1 aliphatic heterocycles. The summed E-state index contributed by atoms with van der Waals surface area (Å²) < 4.78 is 5.91. The van der Waals surface area contributed by atoms with Gasteiger partial charge in [-0.15, -0.1) is 0 Å². The van der Waals surface area contributed by atoms with Crippen LogP contribution >= 0.6 is 0 Å². The lowest BCUT2D eigenvalue weighted by molar-refractivity contribution is -0.0420. The highest BCUT2D eigenvalue weighted by molar-refractivity contribution is 5.30. The van der Waals surface area contributed by atoms with Crippen molar-refractivity contribution in [3.63, 3.8) is 0 Å². The molecule has 2 aromatic rings. The number of rotatable bonds is 5. The van der Waals surface area contributed by atoms with Crippen molar-refractivity contribution in [2.24, 2.45) is 0 Å². The monoisotopic (exact) mass is 296 g/mol. The van der Waals surface area contributed by atoms with E-state index in [0.717, 1.165) is 26.1 Å². The van der Waals surface area contributed by atoms with E-state index in [-0.39, 0.29) is 6.04 Å². The molecule has 1 saturated heterocycles. The maximum Gasteiger partial charge on any atom is 0.0702 e. The van der Waals surface area contributed by atoms with Crippen LogP contribution in [-0.4, -0.2) is 35.7 Å². The van der Waals surface area contributed by atoms with E-state index in [1.54, 1.807) is 0 Å². The molecular weight excluding hydrogens is 272 g/mol. The Balaban J connectivity index is 1.89. The zero-order valence-electron chi connectivity index (χ0n) is 13.2. The van der Waals surface area contributed by atoms with E-state index in [2.05, 4.69) is 53.2 Å². The summed E-state index contributed by atoms with van der Waals surface area (Å²) in [5, 5.41) is 0. The smallest absolute Gasteiger partial charge is 0.0702 e. The first kappa shape index (κ1) is 15.2. The molecule has 1 fully saturated rings. The molecule has 0 amide bonds. The molecule has 2 unspecified atom stereocenters. The SMILES string of the molecule is CCCC1CN(C(c2ccccc2)c2cccnc2)CCO1. The highest BCUT2D eigenvalue weighted by atomic mass is 16.5. The van der Waals surface area contributed by atoms with Crippen molar-refractivity contribution >= 4 is 0 Å². The predicted molar refractivity (Wildman–Crippen MR) is 88.7 cm³/mol. The van der Waals surface area contributed by atoms with Gasteiger partial charge in [0.1, 0.15) is 0 Å². The maximum absolute atomic E-state index is 5.91. The first-order valence-corrected chi connectivity index (χ1v) is 8.19. The summed E-state index contributed by atoms with van der Waals surface area (Å²) in [7, 11) is 0. The van der Waals surface area contributed by atoms with Gasteiger partial charge < -0.3 is 4.74 Å². The second-order valence-electron chi connectivity index (χ2n) is 5.88. The summed E-state index contributed by atoms with van der Waals surface area (Å²) in [6.45, 7) is 4.99. The van der Waals surface area contributed by atoms with Crippen molar-refractivity contribution < 1.29 is 4.74 Å². The summed E-state index contributed by atoms with van der Waals surface area (Å²) in [5.74, 6) is 0. The van der Waals surface area contributed by atoms with Crippen molar-refractivity contribution in [1.82, 2.24) is 9.88 Å². The number of pyridine rings is 1. The van der Waals surface area contributed by atoms with Crippen LogP contribution in [0.2, 0.25) is 0 Å². The van der Waals surface area contributed by atoms with E-state index in [0.29, 0.717) is 6.10 Å². The lowest BCUT2D eigenvalue weighted by Gasteiger charge is -2.38. The van der Waals surface area contributed by atoms with Gasteiger partial charge in [-0.2, -0.15) is 0 Å². The number of nitrogens with zero attached hydrogens (tertiary/aromatic N) is 2. The van der Waals surface area contributed by atoms with Gasteiger partial charge in [0.25, 0.3) is 0 Å². The standard InChI is InChI=1S/C19H24N2O/c1-2-7-18-15-21(12-13-22-18)19(16-8-4-3-5-9-16)17-10-6-11-20-14-17/h3-6,8-11,14,18-19H,2,7,12-13,15H2,1H3. The van der Waals surface area contributed by atoms with Gasteiger partial charge in [0, 0.05) is 25.5 Å². The third-order valence-corrected chi connectivity index (χ3v) is 4.26. The Morgan fingerprint density at radius 2 is 2.00 bits per heavy atom. The molecule has 1 aromatic carbocycles. The van der Waals surface area contributed by atoms with Crippen LogP contribution in [0, 0.1) is 0 Å². The normalized spacial score (nSPS) is 20.7. The highest BCUT2D eigenvalue weighted by Gasteiger charge is 2.28. The molecule has 2 heterocycles. The molecule has 0 radical (unpaired) electrons. The number of hydrogen-bond acceptors (Lipinski definition) is 3. The van der Waals surface area contributed by atoms with Gasteiger partial charge in [-0.3, -0.25) is 9.88 Å². The number of hydrogen-bond donors (Lipinski definition) is 0. The summed E-state index contributed by atoms with van der Waals surface area (Å²) in [4.78, 5) is 6.86. The van der Waals surface area contributed by atoms with E-state index in [4.69, 9.17) is 4.74 Å². The topological polar surface area (TPSA) is 25.4 Å². The van der Waals surface area contributed by atoms with Gasteiger partial charge >= 0.3 is 0 Å². The molecule has 2 atom stereocenters. The molecule has 1 aromatic heterocycles. The zero-order chi connectivity index (χ0) is 15.2. The van der Waals surface area contributed by atoms with Crippen LogP contribution in [0.5, 0.6) is 0 Å². The number of aromatic nitrogens is 1. The largest absolute Gasteiger partial charge is 0.376 e. The molecule has 0 N–H and O–H groups in total. The van der Waals surface area contributed by atoms with E-state index < -0.39 is 0 Å². The molecule has 22 heavy (non-hydrogen) atoms. The fourth-order valence-corrected chi connectivity index (χ4v) is 3.26. The summed E-state index contributed by atoms with van der Waals surface area (Å²) in [6, 6.07) is 15.2. The minimum Gasteiger partial charge on any atom is -0.376 e.